The summed E-state index contributed by atoms with van der Waals surface area (Å²) in [7, 11) is 2.93. The van der Waals surface area contributed by atoms with Gasteiger partial charge in [-0.3, -0.25) is 0 Å². The summed E-state index contributed by atoms with van der Waals surface area (Å²) in [6.07, 6.45) is 0.0204. The summed E-state index contributed by atoms with van der Waals surface area (Å²) in [6, 6.07) is 22.9. The van der Waals surface area contributed by atoms with Gasteiger partial charge in [-0.15, -0.1) is 0 Å². The Hall–Kier alpha value is -3.71. The lowest BCUT2D eigenvalue weighted by Gasteiger charge is -2.14. The number of benzene rings is 3. The maximum Gasteiger partial charge on any atom is 0.333 e. The molecule has 3 aromatic carbocycles. The van der Waals surface area contributed by atoms with Crippen LogP contribution in [0.4, 0.5) is 0 Å². The van der Waals surface area contributed by atoms with Crippen molar-refractivity contribution in [2.75, 3.05) is 27.4 Å². The molecule has 7 nitrogen and oxygen atoms in total. The summed E-state index contributed by atoms with van der Waals surface area (Å²) < 4.78 is 27.8. The molecule has 180 valence electrons. The number of methoxy groups -OCH3 is 2. The highest BCUT2D eigenvalue weighted by atomic mass is 16.5. The molecule has 7 heteroatoms. The Labute approximate surface area is 199 Å². The van der Waals surface area contributed by atoms with Gasteiger partial charge in [0.25, 0.3) is 0 Å². The Morgan fingerprint density at radius 2 is 1.47 bits per heavy atom. The zero-order chi connectivity index (χ0) is 24.2. The summed E-state index contributed by atoms with van der Waals surface area (Å²) in [5.41, 5.74) is 1.91. The largest absolute Gasteiger partial charge is 0.493 e. The monoisotopic (exact) mass is 466 g/mol. The average Bonchev–Trinajstić information content (AvgIpc) is 2.87. The third kappa shape index (κ3) is 7.71. The van der Waals surface area contributed by atoms with E-state index in [1.165, 1.54) is 7.11 Å². The molecular weight excluding hydrogens is 436 g/mol. The molecule has 0 spiro atoms. The van der Waals surface area contributed by atoms with Gasteiger partial charge in [-0.1, -0.05) is 36.4 Å². The van der Waals surface area contributed by atoms with E-state index in [0.717, 1.165) is 22.6 Å². The highest BCUT2D eigenvalue weighted by molar-refractivity contribution is 5.72. The SMILES string of the molecule is COc1cc(C[C@H](OC)C(=O)O)ccc1OCCCOc1ccc(OCc2ccccc2)cc1. The van der Waals surface area contributed by atoms with Crippen LogP contribution in [0.5, 0.6) is 23.0 Å². The molecule has 0 aliphatic carbocycles. The van der Waals surface area contributed by atoms with Crippen molar-refractivity contribution in [2.45, 2.75) is 25.6 Å². The van der Waals surface area contributed by atoms with Crippen LogP contribution in [0.3, 0.4) is 0 Å². The fraction of sp³-hybridized carbons (Fsp3) is 0.296. The summed E-state index contributed by atoms with van der Waals surface area (Å²) in [5, 5.41) is 9.15. The first-order chi connectivity index (χ1) is 16.6. The molecule has 0 aromatic heterocycles. The topological polar surface area (TPSA) is 83.5 Å². The first-order valence-electron chi connectivity index (χ1n) is 11.0. The van der Waals surface area contributed by atoms with Gasteiger partial charge in [0.2, 0.25) is 0 Å². The Balaban J connectivity index is 1.40. The number of carboxylic acid groups (broad SMARTS) is 1. The van der Waals surface area contributed by atoms with E-state index < -0.39 is 12.1 Å². The quantitative estimate of drug-likeness (QED) is 0.343. The lowest BCUT2D eigenvalue weighted by Crippen LogP contribution is -2.24. The van der Waals surface area contributed by atoms with E-state index in [1.54, 1.807) is 19.2 Å². The molecule has 34 heavy (non-hydrogen) atoms. The second-order valence-electron chi connectivity index (χ2n) is 7.55. The van der Waals surface area contributed by atoms with Crippen LogP contribution in [-0.4, -0.2) is 44.6 Å². The van der Waals surface area contributed by atoms with Gasteiger partial charge in [0.15, 0.2) is 17.6 Å². The van der Waals surface area contributed by atoms with Crippen LogP contribution in [0.15, 0.2) is 72.8 Å². The Bertz CT molecular complexity index is 1020. The van der Waals surface area contributed by atoms with Crippen LogP contribution in [-0.2, 0) is 22.6 Å². The van der Waals surface area contributed by atoms with Gasteiger partial charge in [0.05, 0.1) is 20.3 Å². The second kappa shape index (κ2) is 13.1. The molecule has 3 rings (SSSR count). The van der Waals surface area contributed by atoms with Crippen LogP contribution < -0.4 is 18.9 Å². The predicted molar refractivity (Wildman–Crippen MR) is 128 cm³/mol. The Kier molecular flexibility index (Phi) is 9.61. The smallest absolute Gasteiger partial charge is 0.333 e. The third-order valence-corrected chi connectivity index (χ3v) is 5.10. The number of ether oxygens (including phenoxy) is 5. The normalized spacial score (nSPS) is 11.5. The van der Waals surface area contributed by atoms with Crippen molar-refractivity contribution in [1.29, 1.82) is 0 Å². The van der Waals surface area contributed by atoms with Gasteiger partial charge in [-0.05, 0) is 47.5 Å². The van der Waals surface area contributed by atoms with Crippen LogP contribution >= 0.6 is 0 Å². The maximum absolute atomic E-state index is 11.2. The molecule has 0 saturated heterocycles. The maximum atomic E-state index is 11.2. The first kappa shape index (κ1) is 24.9. The fourth-order valence-electron chi connectivity index (χ4n) is 3.25. The summed E-state index contributed by atoms with van der Waals surface area (Å²) in [6.45, 7) is 1.47. The summed E-state index contributed by atoms with van der Waals surface area (Å²) in [4.78, 5) is 11.2. The van der Waals surface area contributed by atoms with Crippen molar-refractivity contribution in [3.8, 4) is 23.0 Å². The van der Waals surface area contributed by atoms with Gasteiger partial charge in [0.1, 0.15) is 18.1 Å². The van der Waals surface area contributed by atoms with E-state index in [1.807, 2.05) is 60.7 Å². The van der Waals surface area contributed by atoms with Gasteiger partial charge < -0.3 is 28.8 Å². The Morgan fingerprint density at radius 3 is 2.12 bits per heavy atom. The molecule has 0 saturated carbocycles. The van der Waals surface area contributed by atoms with E-state index in [9.17, 15) is 4.79 Å². The van der Waals surface area contributed by atoms with Crippen molar-refractivity contribution in [3.63, 3.8) is 0 Å². The highest BCUT2D eigenvalue weighted by Crippen LogP contribution is 2.29. The van der Waals surface area contributed by atoms with E-state index >= 15 is 0 Å². The molecule has 0 unspecified atom stereocenters. The van der Waals surface area contributed by atoms with Crippen molar-refractivity contribution in [3.05, 3.63) is 83.9 Å². The first-order valence-corrected chi connectivity index (χ1v) is 11.0. The van der Waals surface area contributed by atoms with Gasteiger partial charge in [0, 0.05) is 20.0 Å². The number of aliphatic carboxylic acids is 1. The zero-order valence-electron chi connectivity index (χ0n) is 19.4. The van der Waals surface area contributed by atoms with Crippen LogP contribution in [0.1, 0.15) is 17.5 Å². The predicted octanol–water partition coefficient (Wildman–Crippen LogP) is 4.76. The van der Waals surface area contributed by atoms with Crippen LogP contribution in [0.2, 0.25) is 0 Å². The second-order valence-corrected chi connectivity index (χ2v) is 7.55. The van der Waals surface area contributed by atoms with Gasteiger partial charge >= 0.3 is 5.97 Å². The number of carbonyl (C=O) groups is 1. The molecule has 0 amide bonds. The third-order valence-electron chi connectivity index (χ3n) is 5.10. The summed E-state index contributed by atoms with van der Waals surface area (Å²) in [5.74, 6) is 1.69. The van der Waals surface area contributed by atoms with Crippen molar-refractivity contribution >= 4 is 5.97 Å². The number of carboxylic acids is 1. The van der Waals surface area contributed by atoms with E-state index in [-0.39, 0.29) is 6.42 Å². The lowest BCUT2D eigenvalue weighted by atomic mass is 10.1. The number of hydrogen-bond donors (Lipinski definition) is 1. The highest BCUT2D eigenvalue weighted by Gasteiger charge is 2.18. The molecule has 0 radical (unpaired) electrons. The zero-order valence-corrected chi connectivity index (χ0v) is 19.4. The molecule has 0 bridgehead atoms. The van der Waals surface area contributed by atoms with Gasteiger partial charge in [-0.2, -0.15) is 0 Å². The molecule has 0 heterocycles. The molecule has 0 aliphatic heterocycles. The van der Waals surface area contributed by atoms with Gasteiger partial charge in [-0.25, -0.2) is 4.79 Å². The van der Waals surface area contributed by atoms with E-state index in [2.05, 4.69) is 0 Å². The minimum atomic E-state index is -1.00. The van der Waals surface area contributed by atoms with Crippen molar-refractivity contribution in [1.82, 2.24) is 0 Å². The molecule has 0 fully saturated rings. The van der Waals surface area contributed by atoms with E-state index in [4.69, 9.17) is 28.8 Å². The van der Waals surface area contributed by atoms with Crippen LogP contribution in [0.25, 0.3) is 0 Å². The average molecular weight is 467 g/mol. The standard InChI is InChI=1S/C27H30O7/c1-30-25-17-21(18-26(31-2)27(28)29)9-14-24(25)33-16-6-15-32-22-10-12-23(13-11-22)34-19-20-7-4-3-5-8-20/h3-5,7-14,17,26H,6,15-16,18-19H2,1-2H3,(H,28,29)/t26-/m0/s1. The molecule has 1 atom stereocenters. The molecule has 0 aliphatic rings. The summed E-state index contributed by atoms with van der Waals surface area (Å²) >= 11 is 0. The Morgan fingerprint density at radius 1 is 0.794 bits per heavy atom. The van der Waals surface area contributed by atoms with Crippen molar-refractivity contribution in [2.24, 2.45) is 0 Å². The van der Waals surface area contributed by atoms with Crippen LogP contribution in [0, 0.1) is 0 Å². The molecular formula is C27H30O7. The number of rotatable bonds is 14. The minimum absolute atomic E-state index is 0.242. The number of hydrogen-bond acceptors (Lipinski definition) is 6. The lowest BCUT2D eigenvalue weighted by molar-refractivity contribution is -0.148. The van der Waals surface area contributed by atoms with Crippen molar-refractivity contribution < 1.29 is 33.6 Å². The molecule has 3 aromatic rings. The van der Waals surface area contributed by atoms with E-state index in [0.29, 0.717) is 37.7 Å². The minimum Gasteiger partial charge on any atom is -0.493 e. The molecule has 1 N–H and O–H groups in total. The fourth-order valence-corrected chi connectivity index (χ4v) is 3.25.